The Hall–Kier alpha value is -1.31. The number of carbonyl (C=O) groups excluding carboxylic acids is 1. The highest BCUT2D eigenvalue weighted by atomic mass is 16.5. The number of ether oxygens (including phenoxy) is 1. The maximum atomic E-state index is 11.1. The summed E-state index contributed by atoms with van der Waals surface area (Å²) >= 11 is 0. The van der Waals surface area contributed by atoms with Crippen LogP contribution in [0.2, 0.25) is 0 Å². The van der Waals surface area contributed by atoms with Crippen LogP contribution < -0.4 is 0 Å². The molecule has 0 spiro atoms. The van der Waals surface area contributed by atoms with Crippen molar-refractivity contribution < 1.29 is 9.53 Å². The van der Waals surface area contributed by atoms with E-state index in [1.165, 1.54) is 0 Å². The van der Waals surface area contributed by atoms with Gasteiger partial charge in [0.2, 0.25) is 0 Å². The molecule has 0 radical (unpaired) electrons. The molecule has 0 aromatic carbocycles. The molecule has 0 N–H and O–H groups in total. The van der Waals surface area contributed by atoms with Crippen LogP contribution in [0.1, 0.15) is 26.2 Å². The van der Waals surface area contributed by atoms with Crippen molar-refractivity contribution in [2.45, 2.75) is 31.8 Å². The van der Waals surface area contributed by atoms with E-state index in [1.54, 1.807) is 12.2 Å². The molecule has 0 amide bonds. The van der Waals surface area contributed by atoms with E-state index < -0.39 is 0 Å². The van der Waals surface area contributed by atoms with E-state index in [0.717, 1.165) is 18.6 Å². The number of hydrogen-bond acceptors (Lipinski definition) is 2. The Morgan fingerprint density at radius 3 is 2.86 bits per heavy atom. The van der Waals surface area contributed by atoms with Gasteiger partial charge in [-0.1, -0.05) is 12.2 Å². The topological polar surface area (TPSA) is 26.3 Å². The summed E-state index contributed by atoms with van der Waals surface area (Å²) in [6.07, 6.45) is 11.8. The second kappa shape index (κ2) is 3.45. The molecule has 14 heavy (non-hydrogen) atoms. The number of hydrogen-bond donors (Lipinski definition) is 0. The summed E-state index contributed by atoms with van der Waals surface area (Å²) in [6.45, 7) is 1.99. The van der Waals surface area contributed by atoms with Crippen molar-refractivity contribution in [3.8, 4) is 0 Å². The monoisotopic (exact) mass is 190 g/mol. The fourth-order valence-electron chi connectivity index (χ4n) is 1.61. The van der Waals surface area contributed by atoms with Crippen molar-refractivity contribution in [3.63, 3.8) is 0 Å². The fourth-order valence-corrected chi connectivity index (χ4v) is 1.61. The highest BCUT2D eigenvalue weighted by molar-refractivity contribution is 5.92. The number of carbonyl (C=O) groups is 1. The molecule has 2 rings (SSSR count). The van der Waals surface area contributed by atoms with Crippen molar-refractivity contribution in [2.75, 3.05) is 0 Å². The van der Waals surface area contributed by atoms with Gasteiger partial charge in [-0.2, -0.15) is 0 Å². The highest BCUT2D eigenvalue weighted by Gasteiger charge is 2.43. The highest BCUT2D eigenvalue weighted by Crippen LogP contribution is 2.43. The van der Waals surface area contributed by atoms with E-state index in [4.69, 9.17) is 4.74 Å². The van der Waals surface area contributed by atoms with E-state index in [-0.39, 0.29) is 11.4 Å². The first-order chi connectivity index (χ1) is 6.74. The van der Waals surface area contributed by atoms with E-state index >= 15 is 0 Å². The minimum atomic E-state index is -0.0912. The zero-order chi connectivity index (χ0) is 10.0. The lowest BCUT2D eigenvalue weighted by Crippen LogP contribution is -2.13. The predicted octanol–water partition coefficient (Wildman–Crippen LogP) is 2.52. The van der Waals surface area contributed by atoms with Crippen molar-refractivity contribution in [1.29, 1.82) is 0 Å². The maximum Gasteiger partial charge on any atom is 0.163 e. The molecule has 1 fully saturated rings. The molecule has 0 heterocycles. The fraction of sp³-hybridized carbons (Fsp3) is 0.417. The minimum Gasteiger partial charge on any atom is -0.487 e. The van der Waals surface area contributed by atoms with E-state index in [0.29, 0.717) is 6.42 Å². The van der Waals surface area contributed by atoms with Crippen LogP contribution in [0.4, 0.5) is 0 Å². The van der Waals surface area contributed by atoms with Crippen LogP contribution >= 0.6 is 0 Å². The van der Waals surface area contributed by atoms with Gasteiger partial charge >= 0.3 is 0 Å². The van der Waals surface area contributed by atoms with Crippen molar-refractivity contribution >= 4 is 5.78 Å². The van der Waals surface area contributed by atoms with Crippen molar-refractivity contribution in [2.24, 2.45) is 0 Å². The Kier molecular flexibility index (Phi) is 2.28. The molecule has 0 atom stereocenters. The molecule has 1 saturated carbocycles. The lowest BCUT2D eigenvalue weighted by molar-refractivity contribution is -0.114. The molecular formula is C12H14O2. The van der Waals surface area contributed by atoms with Crippen molar-refractivity contribution in [1.82, 2.24) is 0 Å². The van der Waals surface area contributed by atoms with Gasteiger partial charge in [0.05, 0.1) is 6.42 Å². The lowest BCUT2D eigenvalue weighted by Gasteiger charge is -2.17. The smallest absolute Gasteiger partial charge is 0.163 e. The molecule has 74 valence electrons. The summed E-state index contributed by atoms with van der Waals surface area (Å²) < 4.78 is 5.80. The van der Waals surface area contributed by atoms with Crippen LogP contribution in [-0.4, -0.2) is 11.4 Å². The van der Waals surface area contributed by atoms with Gasteiger partial charge in [-0.05, 0) is 38.0 Å². The molecule has 0 aromatic rings. The number of ketones is 1. The van der Waals surface area contributed by atoms with Crippen LogP contribution in [0.5, 0.6) is 0 Å². The molecule has 0 bridgehead atoms. The Morgan fingerprint density at radius 1 is 1.50 bits per heavy atom. The normalized spacial score (nSPS) is 23.8. The van der Waals surface area contributed by atoms with Crippen molar-refractivity contribution in [3.05, 3.63) is 36.1 Å². The molecule has 2 heteroatoms. The van der Waals surface area contributed by atoms with Gasteiger partial charge < -0.3 is 4.74 Å². The molecule has 0 unspecified atom stereocenters. The average Bonchev–Trinajstić information content (AvgIpc) is 2.85. The Morgan fingerprint density at radius 2 is 2.29 bits per heavy atom. The molecule has 0 aromatic heterocycles. The summed E-state index contributed by atoms with van der Waals surface area (Å²) in [5.41, 5.74) is -0.0912. The molecule has 0 saturated heterocycles. The quantitative estimate of drug-likeness (QED) is 0.639. The third-order valence-corrected chi connectivity index (χ3v) is 2.46. The van der Waals surface area contributed by atoms with E-state index in [9.17, 15) is 4.79 Å². The summed E-state index contributed by atoms with van der Waals surface area (Å²) in [5, 5.41) is 0. The van der Waals surface area contributed by atoms with Gasteiger partial charge in [0.25, 0.3) is 0 Å². The van der Waals surface area contributed by atoms with E-state index in [1.807, 2.05) is 19.1 Å². The first-order valence-corrected chi connectivity index (χ1v) is 4.97. The maximum absolute atomic E-state index is 11.1. The second-order valence-electron chi connectivity index (χ2n) is 3.80. The lowest BCUT2D eigenvalue weighted by atomic mass is 10.1. The summed E-state index contributed by atoms with van der Waals surface area (Å²) in [4.78, 5) is 11.1. The molecule has 2 nitrogen and oxygen atoms in total. The minimum absolute atomic E-state index is 0.0912. The number of rotatable bonds is 3. The zero-order valence-corrected chi connectivity index (χ0v) is 8.32. The SMILES string of the molecule is C/C=C\C1(OC2=CC=CC(=O)C2)CC1. The number of allylic oxidation sites excluding steroid dienone is 5. The predicted molar refractivity (Wildman–Crippen MR) is 54.7 cm³/mol. The van der Waals surface area contributed by atoms with Crippen LogP contribution in [0, 0.1) is 0 Å². The van der Waals surface area contributed by atoms with Gasteiger partial charge in [-0.15, -0.1) is 0 Å². The average molecular weight is 190 g/mol. The Labute approximate surface area is 83.9 Å². The van der Waals surface area contributed by atoms with E-state index in [2.05, 4.69) is 6.08 Å². The van der Waals surface area contributed by atoms with Crippen LogP contribution in [0.25, 0.3) is 0 Å². The third kappa shape index (κ3) is 1.95. The summed E-state index contributed by atoms with van der Waals surface area (Å²) in [7, 11) is 0. The van der Waals surface area contributed by atoms with Gasteiger partial charge in [0.15, 0.2) is 5.78 Å². The molecule has 2 aliphatic rings. The third-order valence-electron chi connectivity index (χ3n) is 2.46. The first-order valence-electron chi connectivity index (χ1n) is 4.97. The Balaban J connectivity index is 2.01. The standard InChI is InChI=1S/C12H14O2/c1-2-6-12(7-8-12)14-11-5-3-4-10(13)9-11/h2-6H,7-9H2,1H3/b6-2-. The molecule has 0 aliphatic heterocycles. The van der Waals surface area contributed by atoms with Crippen LogP contribution in [0.3, 0.4) is 0 Å². The first kappa shape index (κ1) is 9.25. The second-order valence-corrected chi connectivity index (χ2v) is 3.80. The summed E-state index contributed by atoms with van der Waals surface area (Å²) in [5.74, 6) is 0.923. The van der Waals surface area contributed by atoms with Crippen LogP contribution in [-0.2, 0) is 9.53 Å². The van der Waals surface area contributed by atoms with Gasteiger partial charge in [-0.3, -0.25) is 4.79 Å². The molecular weight excluding hydrogens is 176 g/mol. The van der Waals surface area contributed by atoms with Gasteiger partial charge in [0.1, 0.15) is 11.4 Å². The summed E-state index contributed by atoms with van der Waals surface area (Å²) in [6, 6.07) is 0. The van der Waals surface area contributed by atoms with Gasteiger partial charge in [0, 0.05) is 0 Å². The van der Waals surface area contributed by atoms with Gasteiger partial charge in [-0.25, -0.2) is 0 Å². The largest absolute Gasteiger partial charge is 0.487 e. The van der Waals surface area contributed by atoms with Crippen LogP contribution in [0.15, 0.2) is 36.1 Å². The Bertz CT molecular complexity index is 330. The molecule has 2 aliphatic carbocycles. The zero-order valence-electron chi connectivity index (χ0n) is 8.32.